The van der Waals surface area contributed by atoms with Gasteiger partial charge in [0.15, 0.2) is 0 Å². The smallest absolute Gasteiger partial charge is 0.0849 e. The fraction of sp³-hybridized carbons (Fsp3) is 0.429. The molecule has 0 radical (unpaired) electrons. The van der Waals surface area contributed by atoms with E-state index in [9.17, 15) is 0 Å². The van der Waals surface area contributed by atoms with Crippen LogP contribution in [-0.2, 0) is 17.8 Å². The molecular weight excluding hydrogens is 396 g/mol. The van der Waals surface area contributed by atoms with E-state index < -0.39 is 0 Å². The third-order valence-corrected chi connectivity index (χ3v) is 3.72. The number of nitrogens with one attached hydrogen (secondary N) is 1. The second kappa shape index (κ2) is 23.1. The highest BCUT2D eigenvalue weighted by molar-refractivity contribution is 5.44. The number of aliphatic hydroxyl groups is 1. The minimum absolute atomic E-state index is 0.380. The number of nitrogens with two attached hydrogens (primary N) is 1. The third kappa shape index (κ3) is 18.2. The summed E-state index contributed by atoms with van der Waals surface area (Å²) in [6.45, 7) is 14.7. The zero-order valence-corrected chi connectivity index (χ0v) is 21.2. The first kappa shape index (κ1) is 31.6. The highest BCUT2D eigenvalue weighted by Crippen LogP contribution is 2.05. The molecule has 0 amide bonds. The lowest BCUT2D eigenvalue weighted by Crippen LogP contribution is -2.18. The van der Waals surface area contributed by atoms with Gasteiger partial charge in [0, 0.05) is 37.9 Å². The van der Waals surface area contributed by atoms with Crippen LogP contribution in [0.2, 0.25) is 0 Å². The summed E-state index contributed by atoms with van der Waals surface area (Å²) in [6, 6.07) is 16.3. The van der Waals surface area contributed by atoms with Crippen LogP contribution in [0.25, 0.3) is 0 Å². The van der Waals surface area contributed by atoms with E-state index in [4.69, 9.17) is 15.6 Å². The van der Waals surface area contributed by atoms with Crippen LogP contribution in [0.5, 0.6) is 0 Å². The molecule has 2 aromatic carbocycles. The van der Waals surface area contributed by atoms with Gasteiger partial charge >= 0.3 is 0 Å². The number of hydrogen-bond acceptors (Lipinski definition) is 4. The summed E-state index contributed by atoms with van der Waals surface area (Å²) in [5.41, 5.74) is 9.97. The Morgan fingerprint density at radius 2 is 1.38 bits per heavy atom. The molecule has 0 saturated carbocycles. The predicted molar refractivity (Wildman–Crippen MR) is 140 cm³/mol. The largest absolute Gasteiger partial charge is 0.513 e. The van der Waals surface area contributed by atoms with Gasteiger partial charge in [-0.25, -0.2) is 0 Å². The van der Waals surface area contributed by atoms with Crippen LogP contribution in [-0.4, -0.2) is 25.4 Å². The molecule has 0 aliphatic carbocycles. The van der Waals surface area contributed by atoms with E-state index >= 15 is 0 Å². The highest BCUT2D eigenvalue weighted by Gasteiger charge is 1.93. The molecule has 4 nitrogen and oxygen atoms in total. The lowest BCUT2D eigenvalue weighted by Gasteiger charge is -2.04. The van der Waals surface area contributed by atoms with Crippen molar-refractivity contribution in [3.05, 3.63) is 82.6 Å². The summed E-state index contributed by atoms with van der Waals surface area (Å²) < 4.78 is 5.00. The van der Waals surface area contributed by atoms with Gasteiger partial charge in [-0.2, -0.15) is 0 Å². The quantitative estimate of drug-likeness (QED) is 0.284. The van der Waals surface area contributed by atoms with Gasteiger partial charge in [-0.05, 0) is 49.2 Å². The van der Waals surface area contributed by atoms with Gasteiger partial charge in [0.25, 0.3) is 0 Å². The van der Waals surface area contributed by atoms with Crippen molar-refractivity contribution >= 4 is 0 Å². The van der Waals surface area contributed by atoms with Crippen LogP contribution >= 0.6 is 0 Å². The highest BCUT2D eigenvalue weighted by atomic mass is 16.5. The van der Waals surface area contributed by atoms with Crippen molar-refractivity contribution in [3.63, 3.8) is 0 Å². The lowest BCUT2D eigenvalue weighted by atomic mass is 10.1. The maximum atomic E-state index is 8.22. The molecule has 0 bridgehead atoms. The summed E-state index contributed by atoms with van der Waals surface area (Å²) in [5, 5.41) is 11.5. The summed E-state index contributed by atoms with van der Waals surface area (Å²) in [4.78, 5) is 0. The number of methoxy groups -OCH3 is 1. The van der Waals surface area contributed by atoms with Crippen LogP contribution in [0.3, 0.4) is 0 Å². The van der Waals surface area contributed by atoms with E-state index in [1.54, 1.807) is 27.0 Å². The van der Waals surface area contributed by atoms with Crippen molar-refractivity contribution in [2.75, 3.05) is 20.3 Å². The molecule has 0 atom stereocenters. The molecule has 4 N–H and O–H groups in total. The van der Waals surface area contributed by atoms with Crippen molar-refractivity contribution in [2.45, 2.75) is 61.1 Å². The summed E-state index contributed by atoms with van der Waals surface area (Å²) in [7, 11) is 1.71. The molecule has 0 spiro atoms. The topological polar surface area (TPSA) is 67.5 Å². The van der Waals surface area contributed by atoms with Gasteiger partial charge in [0.2, 0.25) is 0 Å². The zero-order chi connectivity index (χ0) is 24.6. The summed E-state index contributed by atoms with van der Waals surface area (Å²) in [5.74, 6) is 6.73. The van der Waals surface area contributed by atoms with E-state index in [1.165, 1.54) is 12.0 Å². The van der Waals surface area contributed by atoms with Gasteiger partial charge in [0.05, 0.1) is 12.4 Å². The molecule has 0 aromatic heterocycles. The van der Waals surface area contributed by atoms with Crippen molar-refractivity contribution in [1.29, 1.82) is 0 Å². The van der Waals surface area contributed by atoms with Gasteiger partial charge < -0.3 is 20.9 Å². The average Bonchev–Trinajstić information content (AvgIpc) is 2.84. The third-order valence-electron chi connectivity index (χ3n) is 3.72. The molecule has 2 aromatic rings. The molecule has 0 unspecified atom stereocenters. The van der Waals surface area contributed by atoms with Crippen LogP contribution in [0.4, 0.5) is 0 Å². The number of rotatable bonds is 6. The molecule has 0 saturated heterocycles. The summed E-state index contributed by atoms with van der Waals surface area (Å²) in [6.07, 6.45) is 2.89. The second-order valence-electron chi connectivity index (χ2n) is 6.65. The Balaban J connectivity index is 0. The van der Waals surface area contributed by atoms with E-state index in [0.717, 1.165) is 36.4 Å². The Kier molecular flexibility index (Phi) is 22.8. The van der Waals surface area contributed by atoms with E-state index in [0.29, 0.717) is 12.3 Å². The molecule has 0 aliphatic heterocycles. The molecule has 0 heterocycles. The fourth-order valence-electron chi connectivity index (χ4n) is 1.98. The van der Waals surface area contributed by atoms with Crippen LogP contribution in [0, 0.1) is 11.8 Å². The predicted octanol–water partition coefficient (Wildman–Crippen LogP) is 6.19. The monoisotopic (exact) mass is 440 g/mol. The van der Waals surface area contributed by atoms with Gasteiger partial charge in [-0.1, -0.05) is 76.3 Å². The van der Waals surface area contributed by atoms with Crippen molar-refractivity contribution in [1.82, 2.24) is 5.32 Å². The second-order valence-corrected chi connectivity index (χ2v) is 6.65. The Labute approximate surface area is 196 Å². The molecule has 0 fully saturated rings. The number of benzene rings is 2. The normalized spacial score (nSPS) is 9.56. The Morgan fingerprint density at radius 3 is 1.72 bits per heavy atom. The molecular formula is C28H44N2O2. The molecule has 178 valence electrons. The van der Waals surface area contributed by atoms with Crippen molar-refractivity contribution < 1.29 is 9.84 Å². The Bertz CT molecular complexity index is 751. The maximum absolute atomic E-state index is 8.22. The molecule has 0 aliphatic rings. The van der Waals surface area contributed by atoms with Gasteiger partial charge in [0.1, 0.15) is 0 Å². The van der Waals surface area contributed by atoms with Gasteiger partial charge in [-0.15, -0.1) is 0 Å². The standard InChI is InChI=1S/C19H22N2O.C4H8O.C3H8.C2H6/c1-22-13-12-21-15-19-10-6-17(7-11-19)3-2-16-4-8-18(14-20)9-5-16;1-3-4(2)5;1-3-2;1-2/h4-11,21H,12-15,20H2,1H3;3,5H,1-2H3;3H2,1-2H3;1-2H3/b;4-3+;;. The fourth-order valence-corrected chi connectivity index (χ4v) is 1.98. The van der Waals surface area contributed by atoms with E-state index in [-0.39, 0.29) is 0 Å². The first-order valence-corrected chi connectivity index (χ1v) is 11.4. The van der Waals surface area contributed by atoms with Crippen LogP contribution < -0.4 is 11.1 Å². The maximum Gasteiger partial charge on any atom is 0.0849 e. The average molecular weight is 441 g/mol. The molecule has 4 heteroatoms. The Hall–Kier alpha value is -2.58. The summed E-state index contributed by atoms with van der Waals surface area (Å²) >= 11 is 0. The van der Waals surface area contributed by atoms with Crippen LogP contribution in [0.15, 0.2) is 60.4 Å². The minimum atomic E-state index is 0.380. The lowest BCUT2D eigenvalue weighted by molar-refractivity contribution is 0.199. The van der Waals surface area contributed by atoms with Crippen molar-refractivity contribution in [3.8, 4) is 11.8 Å². The first-order valence-electron chi connectivity index (χ1n) is 11.4. The Morgan fingerprint density at radius 1 is 0.969 bits per heavy atom. The van der Waals surface area contributed by atoms with Crippen molar-refractivity contribution in [2.24, 2.45) is 5.73 Å². The van der Waals surface area contributed by atoms with E-state index in [2.05, 4.69) is 55.3 Å². The first-order chi connectivity index (χ1) is 15.5. The number of hydrogen-bond donors (Lipinski definition) is 3. The number of allylic oxidation sites excluding steroid dienone is 2. The molecule has 32 heavy (non-hydrogen) atoms. The SMILES string of the molecule is C/C=C(\C)O.CC.CCC.COCCNCc1ccc(C#Cc2ccc(CN)cc2)cc1. The minimum Gasteiger partial charge on any atom is -0.513 e. The van der Waals surface area contributed by atoms with E-state index in [1.807, 2.05) is 38.1 Å². The van der Waals surface area contributed by atoms with Gasteiger partial charge in [-0.3, -0.25) is 0 Å². The number of aliphatic hydroxyl groups excluding tert-OH is 1. The molecule has 2 rings (SSSR count). The number of ether oxygens (including phenoxy) is 1. The zero-order valence-electron chi connectivity index (χ0n) is 21.2. The van der Waals surface area contributed by atoms with Crippen LogP contribution in [0.1, 0.15) is 70.2 Å².